The summed E-state index contributed by atoms with van der Waals surface area (Å²) in [5.41, 5.74) is 1.28. The van der Waals surface area contributed by atoms with Crippen molar-refractivity contribution in [3.05, 3.63) is 57.4 Å². The van der Waals surface area contributed by atoms with Crippen LogP contribution in [0, 0.1) is 16.3 Å². The molecule has 0 saturated heterocycles. The molecule has 2 aromatic rings. The number of hydrogen-bond donors (Lipinski definition) is 1. The fourth-order valence-corrected chi connectivity index (χ4v) is 3.63. The zero-order valence-electron chi connectivity index (χ0n) is 13.1. The van der Waals surface area contributed by atoms with Crippen LogP contribution in [0.2, 0.25) is 0 Å². The van der Waals surface area contributed by atoms with Gasteiger partial charge in [0.05, 0.1) is 11.9 Å². The van der Waals surface area contributed by atoms with Gasteiger partial charge in [0.15, 0.2) is 0 Å². The third-order valence-corrected chi connectivity index (χ3v) is 5.07. The molecule has 0 heterocycles. The van der Waals surface area contributed by atoms with Crippen molar-refractivity contribution in [2.45, 2.75) is 6.92 Å². The second-order valence-electron chi connectivity index (χ2n) is 5.23. The van der Waals surface area contributed by atoms with Crippen molar-refractivity contribution in [1.82, 2.24) is 0 Å². The van der Waals surface area contributed by atoms with Crippen LogP contribution in [0.25, 0.3) is 0 Å². The number of anilines is 2. The second kappa shape index (κ2) is 7.47. The number of carbonyl (C=O) groups is 1. The summed E-state index contributed by atoms with van der Waals surface area (Å²) in [5.74, 6) is -1.26. The SMILES string of the molecule is Cc1cc(I)ccc1NC(=O)CN(c1ccccc1F)S(C)(=O)=O. The summed E-state index contributed by atoms with van der Waals surface area (Å²) in [6.07, 6.45) is 0.933. The Bertz CT molecular complexity index is 871. The molecule has 0 spiro atoms. The van der Waals surface area contributed by atoms with Gasteiger partial charge in [-0.15, -0.1) is 0 Å². The molecule has 5 nitrogen and oxygen atoms in total. The van der Waals surface area contributed by atoms with Gasteiger partial charge >= 0.3 is 0 Å². The lowest BCUT2D eigenvalue weighted by Crippen LogP contribution is -2.38. The van der Waals surface area contributed by atoms with Gasteiger partial charge in [-0.05, 0) is 65.4 Å². The van der Waals surface area contributed by atoms with Crippen LogP contribution < -0.4 is 9.62 Å². The maximum Gasteiger partial charge on any atom is 0.245 e. The highest BCUT2D eigenvalue weighted by molar-refractivity contribution is 14.1. The maximum absolute atomic E-state index is 13.9. The third-order valence-electron chi connectivity index (χ3n) is 3.27. The highest BCUT2D eigenvalue weighted by Gasteiger charge is 2.23. The maximum atomic E-state index is 13.9. The molecule has 0 fully saturated rings. The first-order chi connectivity index (χ1) is 11.2. The molecule has 0 radical (unpaired) electrons. The average molecular weight is 462 g/mol. The Labute approximate surface area is 154 Å². The minimum Gasteiger partial charge on any atom is -0.324 e. The molecule has 0 aromatic heterocycles. The Morgan fingerprint density at radius 1 is 1.25 bits per heavy atom. The first kappa shape index (κ1) is 18.7. The summed E-state index contributed by atoms with van der Waals surface area (Å²) in [4.78, 5) is 12.2. The van der Waals surface area contributed by atoms with Gasteiger partial charge in [0.25, 0.3) is 0 Å². The van der Waals surface area contributed by atoms with Crippen molar-refractivity contribution >= 4 is 49.9 Å². The highest BCUT2D eigenvalue weighted by Crippen LogP contribution is 2.22. The van der Waals surface area contributed by atoms with E-state index >= 15 is 0 Å². The molecule has 0 bridgehead atoms. The van der Waals surface area contributed by atoms with Crippen LogP contribution in [0.4, 0.5) is 15.8 Å². The number of benzene rings is 2. The number of amides is 1. The summed E-state index contributed by atoms with van der Waals surface area (Å²) in [6.45, 7) is 1.33. The third kappa shape index (κ3) is 4.67. The largest absolute Gasteiger partial charge is 0.324 e. The van der Waals surface area contributed by atoms with E-state index in [1.54, 1.807) is 6.07 Å². The molecule has 8 heteroatoms. The molecule has 2 rings (SSSR count). The van der Waals surface area contributed by atoms with Crippen LogP contribution in [-0.2, 0) is 14.8 Å². The first-order valence-electron chi connectivity index (χ1n) is 6.97. The number of halogens is 2. The Morgan fingerprint density at radius 2 is 1.92 bits per heavy atom. The van der Waals surface area contributed by atoms with E-state index in [-0.39, 0.29) is 5.69 Å². The van der Waals surface area contributed by atoms with E-state index in [2.05, 4.69) is 27.9 Å². The minimum atomic E-state index is -3.81. The van der Waals surface area contributed by atoms with E-state index in [4.69, 9.17) is 0 Å². The Hall–Kier alpha value is -1.68. The molecule has 0 aliphatic carbocycles. The van der Waals surface area contributed by atoms with Gasteiger partial charge in [0.2, 0.25) is 15.9 Å². The van der Waals surface area contributed by atoms with E-state index in [0.717, 1.165) is 25.8 Å². The van der Waals surface area contributed by atoms with Gasteiger partial charge in [-0.3, -0.25) is 9.10 Å². The van der Waals surface area contributed by atoms with Crippen molar-refractivity contribution in [3.63, 3.8) is 0 Å². The van der Waals surface area contributed by atoms with Gasteiger partial charge in [-0.2, -0.15) is 0 Å². The standard InChI is InChI=1S/C16H16FIN2O3S/c1-11-9-12(18)7-8-14(11)19-16(21)10-20(24(2,22)23)15-6-4-3-5-13(15)17/h3-9H,10H2,1-2H3,(H,19,21). The van der Waals surface area contributed by atoms with E-state index in [0.29, 0.717) is 5.69 Å². The van der Waals surface area contributed by atoms with Crippen LogP contribution in [-0.4, -0.2) is 27.1 Å². The van der Waals surface area contributed by atoms with Gasteiger partial charge in [-0.1, -0.05) is 12.1 Å². The Morgan fingerprint density at radius 3 is 2.50 bits per heavy atom. The van der Waals surface area contributed by atoms with Crippen molar-refractivity contribution in [1.29, 1.82) is 0 Å². The zero-order valence-corrected chi connectivity index (χ0v) is 16.1. The highest BCUT2D eigenvalue weighted by atomic mass is 127. The molecular weight excluding hydrogens is 446 g/mol. The smallest absolute Gasteiger partial charge is 0.245 e. The second-order valence-corrected chi connectivity index (χ2v) is 8.38. The summed E-state index contributed by atoms with van der Waals surface area (Å²) >= 11 is 2.16. The lowest BCUT2D eigenvalue weighted by molar-refractivity contribution is -0.114. The van der Waals surface area contributed by atoms with E-state index in [1.807, 2.05) is 19.1 Å². The van der Waals surface area contributed by atoms with Gasteiger partial charge in [0, 0.05) is 9.26 Å². The molecule has 0 aliphatic rings. The number of nitrogens with zero attached hydrogens (tertiary/aromatic N) is 1. The fraction of sp³-hybridized carbons (Fsp3) is 0.188. The number of aryl methyl sites for hydroxylation is 1. The minimum absolute atomic E-state index is 0.158. The fourth-order valence-electron chi connectivity index (χ4n) is 2.12. The van der Waals surface area contributed by atoms with Crippen LogP contribution in [0.5, 0.6) is 0 Å². The molecule has 2 aromatic carbocycles. The Balaban J connectivity index is 2.24. The monoisotopic (exact) mass is 462 g/mol. The molecule has 1 N–H and O–H groups in total. The quantitative estimate of drug-likeness (QED) is 0.695. The lowest BCUT2D eigenvalue weighted by atomic mass is 10.2. The number of para-hydroxylation sites is 1. The van der Waals surface area contributed by atoms with Gasteiger partial charge in [0.1, 0.15) is 12.4 Å². The average Bonchev–Trinajstić information content (AvgIpc) is 2.47. The van der Waals surface area contributed by atoms with Crippen molar-refractivity contribution < 1.29 is 17.6 Å². The topological polar surface area (TPSA) is 66.5 Å². The van der Waals surface area contributed by atoms with E-state index in [9.17, 15) is 17.6 Å². The number of rotatable bonds is 5. The zero-order chi connectivity index (χ0) is 17.9. The van der Waals surface area contributed by atoms with Crippen LogP contribution in [0.15, 0.2) is 42.5 Å². The summed E-state index contributed by atoms with van der Waals surface area (Å²) < 4.78 is 39.6. The Kier molecular flexibility index (Phi) is 5.81. The summed E-state index contributed by atoms with van der Waals surface area (Å²) in [5, 5.41) is 2.66. The predicted octanol–water partition coefficient (Wildman–Crippen LogP) is 3.14. The van der Waals surface area contributed by atoms with Crippen LogP contribution in [0.1, 0.15) is 5.56 Å². The van der Waals surface area contributed by atoms with Crippen molar-refractivity contribution in [2.24, 2.45) is 0 Å². The van der Waals surface area contributed by atoms with E-state index < -0.39 is 28.3 Å². The summed E-state index contributed by atoms with van der Waals surface area (Å²) in [6, 6.07) is 10.9. The normalized spacial score (nSPS) is 11.2. The molecular formula is C16H16FIN2O3S. The number of nitrogens with one attached hydrogen (secondary N) is 1. The predicted molar refractivity (Wildman–Crippen MR) is 101 cm³/mol. The molecule has 24 heavy (non-hydrogen) atoms. The van der Waals surface area contributed by atoms with Crippen molar-refractivity contribution in [3.8, 4) is 0 Å². The summed E-state index contributed by atoms with van der Waals surface area (Å²) in [7, 11) is -3.81. The van der Waals surface area contributed by atoms with Gasteiger partial charge in [-0.25, -0.2) is 12.8 Å². The number of hydrogen-bond acceptors (Lipinski definition) is 3. The molecule has 0 unspecified atom stereocenters. The first-order valence-corrected chi connectivity index (χ1v) is 9.89. The molecule has 0 saturated carbocycles. The lowest BCUT2D eigenvalue weighted by Gasteiger charge is -2.22. The molecule has 0 aliphatic heterocycles. The van der Waals surface area contributed by atoms with Gasteiger partial charge < -0.3 is 5.32 Å². The van der Waals surface area contributed by atoms with E-state index in [1.165, 1.54) is 18.2 Å². The van der Waals surface area contributed by atoms with Crippen molar-refractivity contribution in [2.75, 3.05) is 22.4 Å². The molecule has 1 amide bonds. The van der Waals surface area contributed by atoms with Crippen LogP contribution >= 0.6 is 22.6 Å². The molecule has 128 valence electrons. The van der Waals surface area contributed by atoms with Crippen LogP contribution in [0.3, 0.4) is 0 Å². The number of carbonyl (C=O) groups excluding carboxylic acids is 1. The number of sulfonamides is 1. The molecule has 0 atom stereocenters.